The molecule has 0 unspecified atom stereocenters. The molecule has 0 aliphatic carbocycles. The number of allylic oxidation sites excluding steroid dienone is 1. The third kappa shape index (κ3) is 4.81. The van der Waals surface area contributed by atoms with Crippen molar-refractivity contribution in [1.82, 2.24) is 0 Å². The van der Waals surface area contributed by atoms with Crippen molar-refractivity contribution in [3.63, 3.8) is 0 Å². The number of esters is 1. The highest BCUT2D eigenvalue weighted by molar-refractivity contribution is 6.14. The molecular weight excluding hydrogens is 388 g/mol. The number of benzene rings is 2. The average molecular weight is 412 g/mol. The summed E-state index contributed by atoms with van der Waals surface area (Å²) in [4.78, 5) is 24.7. The molecule has 0 amide bonds. The Labute approximate surface area is 175 Å². The number of methoxy groups -OCH3 is 4. The van der Waals surface area contributed by atoms with Crippen LogP contribution in [-0.4, -0.2) is 45.5 Å². The summed E-state index contributed by atoms with van der Waals surface area (Å²) in [6.45, 7) is 1.63. The first-order chi connectivity index (χ1) is 14.4. The summed E-state index contributed by atoms with van der Waals surface area (Å²) in [5, 5.41) is 9.85. The van der Waals surface area contributed by atoms with Gasteiger partial charge in [0.25, 0.3) is 0 Å². The van der Waals surface area contributed by atoms with Crippen LogP contribution in [0.4, 0.5) is 0 Å². The van der Waals surface area contributed by atoms with Gasteiger partial charge in [0.2, 0.25) is 5.75 Å². The summed E-state index contributed by atoms with van der Waals surface area (Å²) in [6, 6.07) is 12.1. The number of hydrogen-bond donors (Lipinski definition) is 1. The topological polar surface area (TPSA) is 91.3 Å². The summed E-state index contributed by atoms with van der Waals surface area (Å²) in [5.74, 6) is -0.898. The highest BCUT2D eigenvalue weighted by Gasteiger charge is 2.26. The summed E-state index contributed by atoms with van der Waals surface area (Å²) in [5.41, 5.74) is 1.26. The molecule has 30 heavy (non-hydrogen) atoms. The third-order valence-corrected chi connectivity index (χ3v) is 4.47. The van der Waals surface area contributed by atoms with Gasteiger partial charge in [0.1, 0.15) is 0 Å². The lowest BCUT2D eigenvalue weighted by Crippen LogP contribution is -2.15. The van der Waals surface area contributed by atoms with E-state index >= 15 is 0 Å². The van der Waals surface area contributed by atoms with Crippen molar-refractivity contribution in [2.45, 2.75) is 6.92 Å². The van der Waals surface area contributed by atoms with E-state index in [9.17, 15) is 14.7 Å². The predicted molar refractivity (Wildman–Crippen MR) is 113 cm³/mol. The van der Waals surface area contributed by atoms with E-state index in [1.54, 1.807) is 43.3 Å². The van der Waals surface area contributed by atoms with Gasteiger partial charge < -0.3 is 24.1 Å². The fourth-order valence-corrected chi connectivity index (χ4v) is 2.97. The highest BCUT2D eigenvalue weighted by Crippen LogP contribution is 2.41. The van der Waals surface area contributed by atoms with Crippen molar-refractivity contribution >= 4 is 23.6 Å². The van der Waals surface area contributed by atoms with Crippen LogP contribution in [0.3, 0.4) is 0 Å². The van der Waals surface area contributed by atoms with Crippen LogP contribution < -0.4 is 14.2 Å². The molecule has 0 aliphatic rings. The highest BCUT2D eigenvalue weighted by atomic mass is 16.5. The second-order valence-electron chi connectivity index (χ2n) is 6.18. The van der Waals surface area contributed by atoms with Crippen LogP contribution in [0.2, 0.25) is 0 Å². The van der Waals surface area contributed by atoms with E-state index in [1.165, 1.54) is 34.5 Å². The van der Waals surface area contributed by atoms with E-state index in [0.717, 1.165) is 0 Å². The van der Waals surface area contributed by atoms with Crippen LogP contribution >= 0.6 is 0 Å². The van der Waals surface area contributed by atoms with E-state index < -0.39 is 11.9 Å². The zero-order chi connectivity index (χ0) is 22.3. The molecule has 2 aromatic carbocycles. The van der Waals surface area contributed by atoms with E-state index in [2.05, 4.69) is 0 Å². The second kappa shape index (κ2) is 10.2. The van der Waals surface area contributed by atoms with Crippen molar-refractivity contribution in [1.29, 1.82) is 0 Å². The van der Waals surface area contributed by atoms with E-state index in [0.29, 0.717) is 33.9 Å². The normalized spacial score (nSPS) is 12.0. The van der Waals surface area contributed by atoms with Gasteiger partial charge in [0.05, 0.1) is 39.6 Å². The molecular formula is C23H24O7. The maximum atomic E-state index is 12.6. The first-order valence-electron chi connectivity index (χ1n) is 8.97. The maximum Gasteiger partial charge on any atom is 0.339 e. The quantitative estimate of drug-likeness (QED) is 0.400. The zero-order valence-electron chi connectivity index (χ0n) is 17.5. The molecule has 0 aromatic heterocycles. The fraction of sp³-hybridized carbons (Fsp3) is 0.217. The second-order valence-corrected chi connectivity index (χ2v) is 6.18. The van der Waals surface area contributed by atoms with Gasteiger partial charge in [-0.2, -0.15) is 0 Å². The summed E-state index contributed by atoms with van der Waals surface area (Å²) >= 11 is 0. The molecule has 1 N–H and O–H groups in total. The molecule has 2 rings (SSSR count). The number of carboxylic acids is 1. The first kappa shape index (κ1) is 22.5. The molecule has 0 fully saturated rings. The molecule has 0 spiro atoms. The molecule has 7 heteroatoms. The van der Waals surface area contributed by atoms with Crippen LogP contribution in [-0.2, 0) is 14.3 Å². The first-order valence-corrected chi connectivity index (χ1v) is 8.97. The lowest BCUT2D eigenvalue weighted by molar-refractivity contribution is -0.138. The minimum Gasteiger partial charge on any atom is -0.493 e. The smallest absolute Gasteiger partial charge is 0.339 e. The van der Waals surface area contributed by atoms with E-state index in [1.807, 2.05) is 6.07 Å². The van der Waals surface area contributed by atoms with Gasteiger partial charge in [-0.05, 0) is 41.8 Å². The Hall–Kier alpha value is -3.74. The van der Waals surface area contributed by atoms with Crippen LogP contribution in [0.1, 0.15) is 18.1 Å². The molecule has 0 saturated heterocycles. The molecule has 0 radical (unpaired) electrons. The minimum absolute atomic E-state index is 0.0804. The number of carboxylic acid groups (broad SMARTS) is 1. The fourth-order valence-electron chi connectivity index (χ4n) is 2.97. The van der Waals surface area contributed by atoms with Crippen LogP contribution in [0.25, 0.3) is 11.6 Å². The number of carbonyl (C=O) groups is 2. The average Bonchev–Trinajstić information content (AvgIpc) is 2.77. The number of ether oxygens (including phenoxy) is 4. The van der Waals surface area contributed by atoms with Crippen molar-refractivity contribution < 1.29 is 33.6 Å². The van der Waals surface area contributed by atoms with E-state index in [-0.39, 0.29) is 11.1 Å². The standard InChI is InChI=1S/C23H24O7/c1-14(16-12-18(27-2)21(29-4)19(13-16)28-3)20(23(26)30-5)17(22(24)25)11-15-9-7-6-8-10-15/h6-13H,1-5H3,(H,24,25)/b17-11+,20-14+. The SMILES string of the molecule is COC(=O)C(/C(=C\c1ccccc1)C(=O)O)=C(\C)c1cc(OC)c(OC)c(OC)c1. The number of hydrogen-bond acceptors (Lipinski definition) is 6. The van der Waals surface area contributed by atoms with Gasteiger partial charge in [0.15, 0.2) is 11.5 Å². The van der Waals surface area contributed by atoms with Crippen LogP contribution in [0.5, 0.6) is 17.2 Å². The van der Waals surface area contributed by atoms with Gasteiger partial charge in [-0.25, -0.2) is 9.59 Å². The summed E-state index contributed by atoms with van der Waals surface area (Å²) in [7, 11) is 5.62. The van der Waals surface area contributed by atoms with Gasteiger partial charge in [-0.3, -0.25) is 0 Å². The predicted octanol–water partition coefficient (Wildman–Crippen LogP) is 3.83. The Morgan fingerprint density at radius 1 is 0.900 bits per heavy atom. The van der Waals surface area contributed by atoms with E-state index in [4.69, 9.17) is 18.9 Å². The Morgan fingerprint density at radius 2 is 1.47 bits per heavy atom. The Bertz CT molecular complexity index is 963. The minimum atomic E-state index is -1.26. The Morgan fingerprint density at radius 3 is 1.90 bits per heavy atom. The van der Waals surface area contributed by atoms with Gasteiger partial charge in [-0.15, -0.1) is 0 Å². The molecule has 0 atom stereocenters. The number of aliphatic carboxylic acids is 1. The molecule has 0 aliphatic heterocycles. The van der Waals surface area contributed by atoms with Crippen molar-refractivity contribution in [3.8, 4) is 17.2 Å². The third-order valence-electron chi connectivity index (χ3n) is 4.47. The summed E-state index contributed by atoms with van der Waals surface area (Å²) in [6.07, 6.45) is 1.43. The zero-order valence-corrected chi connectivity index (χ0v) is 17.5. The Kier molecular flexibility index (Phi) is 7.63. The van der Waals surface area contributed by atoms with Crippen molar-refractivity contribution in [3.05, 3.63) is 64.7 Å². The van der Waals surface area contributed by atoms with Crippen molar-refractivity contribution in [2.75, 3.05) is 28.4 Å². The van der Waals surface area contributed by atoms with Gasteiger partial charge in [0, 0.05) is 0 Å². The maximum absolute atomic E-state index is 12.6. The molecule has 0 bridgehead atoms. The van der Waals surface area contributed by atoms with Gasteiger partial charge in [-0.1, -0.05) is 30.3 Å². The largest absolute Gasteiger partial charge is 0.493 e. The van der Waals surface area contributed by atoms with Gasteiger partial charge >= 0.3 is 11.9 Å². The lowest BCUT2D eigenvalue weighted by Gasteiger charge is -2.16. The number of rotatable bonds is 8. The molecule has 0 heterocycles. The van der Waals surface area contributed by atoms with Crippen molar-refractivity contribution in [2.24, 2.45) is 0 Å². The molecule has 158 valence electrons. The number of carbonyl (C=O) groups excluding carboxylic acids is 1. The molecule has 0 saturated carbocycles. The monoisotopic (exact) mass is 412 g/mol. The molecule has 7 nitrogen and oxygen atoms in total. The lowest BCUT2D eigenvalue weighted by atomic mass is 9.93. The van der Waals surface area contributed by atoms with Crippen LogP contribution in [0, 0.1) is 0 Å². The molecule has 2 aromatic rings. The Balaban J connectivity index is 2.80. The summed E-state index contributed by atoms with van der Waals surface area (Å²) < 4.78 is 20.9. The van der Waals surface area contributed by atoms with Crippen LogP contribution in [0.15, 0.2) is 53.6 Å².